The number of hydrogen-bond donors (Lipinski definition) is 0. The number of rotatable bonds is 2. The van der Waals surface area contributed by atoms with E-state index in [1.165, 1.54) is 18.3 Å². The first kappa shape index (κ1) is 19.2. The molecule has 0 atom stereocenters. The van der Waals surface area contributed by atoms with E-state index in [4.69, 9.17) is 11.6 Å². The summed E-state index contributed by atoms with van der Waals surface area (Å²) >= 11 is 6.38. The van der Waals surface area contributed by atoms with Crippen LogP contribution in [0.3, 0.4) is 0 Å². The van der Waals surface area contributed by atoms with E-state index >= 15 is 0 Å². The van der Waals surface area contributed by atoms with Gasteiger partial charge in [0.05, 0.1) is 16.3 Å². The Kier molecular flexibility index (Phi) is 5.32. The molecule has 29 heavy (non-hydrogen) atoms. The van der Waals surface area contributed by atoms with E-state index in [9.17, 15) is 14.4 Å². The van der Waals surface area contributed by atoms with E-state index < -0.39 is 5.82 Å². The number of fused-ring (bicyclic) bond motifs is 1. The van der Waals surface area contributed by atoms with Gasteiger partial charge in [0.25, 0.3) is 5.91 Å². The molecule has 146 valence electrons. The zero-order chi connectivity index (χ0) is 20.4. The van der Waals surface area contributed by atoms with E-state index in [0.717, 1.165) is 6.42 Å². The Morgan fingerprint density at radius 3 is 2.66 bits per heavy atom. The monoisotopic (exact) mass is 408 g/mol. The lowest BCUT2D eigenvalue weighted by Gasteiger charge is -2.26. The molecule has 1 fully saturated rings. The van der Waals surface area contributed by atoms with Gasteiger partial charge in [-0.2, -0.15) is 5.26 Å². The van der Waals surface area contributed by atoms with Crippen LogP contribution in [0.1, 0.15) is 22.3 Å². The van der Waals surface area contributed by atoms with Crippen LogP contribution in [-0.2, 0) is 0 Å². The third kappa shape index (κ3) is 3.62. The number of nitrogens with zero attached hydrogens (tertiary/aromatic N) is 4. The zero-order valence-electron chi connectivity index (χ0n) is 15.6. The van der Waals surface area contributed by atoms with Crippen molar-refractivity contribution < 1.29 is 9.18 Å². The van der Waals surface area contributed by atoms with E-state index in [0.29, 0.717) is 53.4 Å². The van der Waals surface area contributed by atoms with Gasteiger partial charge < -0.3 is 9.80 Å². The average Bonchev–Trinajstić information content (AvgIpc) is 3.01. The van der Waals surface area contributed by atoms with Crippen molar-refractivity contribution >= 4 is 34.1 Å². The first-order valence-corrected chi connectivity index (χ1v) is 9.74. The molecule has 4 rings (SSSR count). The summed E-state index contributed by atoms with van der Waals surface area (Å²) in [5.74, 6) is -0.498. The number of anilines is 1. The number of carbonyl (C=O) groups is 1. The van der Waals surface area contributed by atoms with E-state index in [-0.39, 0.29) is 11.4 Å². The highest BCUT2D eigenvalue weighted by Crippen LogP contribution is 2.36. The molecule has 0 spiro atoms. The minimum atomic E-state index is -0.481. The largest absolute Gasteiger partial charge is 0.368 e. The fourth-order valence-corrected chi connectivity index (χ4v) is 3.98. The van der Waals surface area contributed by atoms with Crippen LogP contribution >= 0.6 is 11.6 Å². The number of benzene rings is 2. The summed E-state index contributed by atoms with van der Waals surface area (Å²) in [6.07, 6.45) is 2.11. The molecular formula is C22H18ClFN4O. The maximum absolute atomic E-state index is 14.3. The van der Waals surface area contributed by atoms with Crippen molar-refractivity contribution in [2.45, 2.75) is 6.42 Å². The predicted molar refractivity (Wildman–Crippen MR) is 111 cm³/mol. The quantitative estimate of drug-likeness (QED) is 0.636. The SMILES string of the molecule is N#Cc1cnc2c(F)ccc(Cl)c2c1N1CCCN(C(=O)c2ccccc2)CC1. The number of amides is 1. The lowest BCUT2D eigenvalue weighted by Crippen LogP contribution is -2.35. The highest BCUT2D eigenvalue weighted by Gasteiger charge is 2.24. The number of nitriles is 1. The molecule has 1 aliphatic rings. The fraction of sp³-hybridized carbons (Fsp3) is 0.227. The predicted octanol–water partition coefficient (Wildman–Crippen LogP) is 4.25. The maximum atomic E-state index is 14.3. The second-order valence-corrected chi connectivity index (χ2v) is 7.29. The molecule has 0 unspecified atom stereocenters. The summed E-state index contributed by atoms with van der Waals surface area (Å²) in [6.45, 7) is 2.24. The summed E-state index contributed by atoms with van der Waals surface area (Å²) < 4.78 is 14.3. The zero-order valence-corrected chi connectivity index (χ0v) is 16.4. The van der Waals surface area contributed by atoms with Crippen molar-refractivity contribution in [3.05, 3.63) is 70.6 Å². The molecule has 0 aliphatic carbocycles. The molecule has 1 saturated heterocycles. The number of pyridine rings is 1. The normalized spacial score (nSPS) is 14.5. The van der Waals surface area contributed by atoms with E-state index in [1.54, 1.807) is 12.1 Å². The van der Waals surface area contributed by atoms with Gasteiger partial charge in [0.2, 0.25) is 0 Å². The van der Waals surface area contributed by atoms with Gasteiger partial charge in [-0.05, 0) is 30.7 Å². The fourth-order valence-electron chi connectivity index (χ4n) is 3.74. The van der Waals surface area contributed by atoms with Crippen molar-refractivity contribution in [2.24, 2.45) is 0 Å². The van der Waals surface area contributed by atoms with Crippen LogP contribution < -0.4 is 4.90 Å². The van der Waals surface area contributed by atoms with Gasteiger partial charge >= 0.3 is 0 Å². The summed E-state index contributed by atoms with van der Waals surface area (Å²) in [6, 6.07) is 14.1. The maximum Gasteiger partial charge on any atom is 0.253 e. The van der Waals surface area contributed by atoms with Crippen LogP contribution in [0.2, 0.25) is 5.02 Å². The van der Waals surface area contributed by atoms with Crippen molar-refractivity contribution in [2.75, 3.05) is 31.1 Å². The second-order valence-electron chi connectivity index (χ2n) is 6.88. The van der Waals surface area contributed by atoms with Crippen molar-refractivity contribution in [1.82, 2.24) is 9.88 Å². The minimum absolute atomic E-state index is 0.0170. The molecule has 2 heterocycles. The summed E-state index contributed by atoms with van der Waals surface area (Å²) in [5.41, 5.74) is 1.72. The molecule has 0 bridgehead atoms. The molecule has 5 nitrogen and oxygen atoms in total. The Morgan fingerprint density at radius 2 is 1.90 bits per heavy atom. The van der Waals surface area contributed by atoms with Gasteiger partial charge in [-0.15, -0.1) is 0 Å². The summed E-state index contributed by atoms with van der Waals surface area (Å²) in [7, 11) is 0. The number of carbonyl (C=O) groups excluding carboxylic acids is 1. The van der Waals surface area contributed by atoms with E-state index in [2.05, 4.69) is 11.1 Å². The number of hydrogen-bond acceptors (Lipinski definition) is 4. The first-order valence-electron chi connectivity index (χ1n) is 9.36. The van der Waals surface area contributed by atoms with Gasteiger partial charge in [0.1, 0.15) is 17.4 Å². The second kappa shape index (κ2) is 8.06. The van der Waals surface area contributed by atoms with Gasteiger partial charge in [-0.25, -0.2) is 4.39 Å². The van der Waals surface area contributed by atoms with Gasteiger partial charge in [0, 0.05) is 43.3 Å². The Morgan fingerprint density at radius 1 is 1.10 bits per heavy atom. The van der Waals surface area contributed by atoms with Crippen LogP contribution in [0.15, 0.2) is 48.7 Å². The number of halogens is 2. The van der Waals surface area contributed by atoms with Crippen LogP contribution in [0, 0.1) is 17.1 Å². The van der Waals surface area contributed by atoms with Crippen LogP contribution in [0.5, 0.6) is 0 Å². The molecule has 1 amide bonds. The Labute approximate surface area is 172 Å². The molecular weight excluding hydrogens is 391 g/mol. The summed E-state index contributed by atoms with van der Waals surface area (Å²) in [4.78, 5) is 20.7. The Balaban J connectivity index is 1.68. The molecule has 0 N–H and O–H groups in total. The van der Waals surface area contributed by atoms with Crippen LogP contribution in [0.4, 0.5) is 10.1 Å². The first-order chi connectivity index (χ1) is 14.1. The Bertz CT molecular complexity index is 1110. The van der Waals surface area contributed by atoms with Crippen LogP contribution in [-0.4, -0.2) is 42.0 Å². The third-order valence-electron chi connectivity index (χ3n) is 5.13. The molecule has 7 heteroatoms. The highest BCUT2D eigenvalue weighted by molar-refractivity contribution is 6.36. The topological polar surface area (TPSA) is 60.2 Å². The molecule has 0 radical (unpaired) electrons. The van der Waals surface area contributed by atoms with Gasteiger partial charge in [-0.3, -0.25) is 9.78 Å². The molecule has 1 aliphatic heterocycles. The third-order valence-corrected chi connectivity index (χ3v) is 5.45. The molecule has 2 aromatic carbocycles. The standard InChI is InChI=1S/C22H18ClFN4O/c23-17-7-8-18(24)20-19(17)21(16(13-25)14-26-20)27-9-4-10-28(12-11-27)22(29)15-5-2-1-3-6-15/h1-3,5-8,14H,4,9-12H2. The summed E-state index contributed by atoms with van der Waals surface area (Å²) in [5, 5.41) is 10.4. The van der Waals surface area contributed by atoms with Gasteiger partial charge in [0.15, 0.2) is 0 Å². The van der Waals surface area contributed by atoms with Crippen molar-refractivity contribution in [3.63, 3.8) is 0 Å². The average molecular weight is 409 g/mol. The highest BCUT2D eigenvalue weighted by atomic mass is 35.5. The Hall–Kier alpha value is -3.17. The lowest BCUT2D eigenvalue weighted by atomic mass is 10.1. The number of aromatic nitrogens is 1. The van der Waals surface area contributed by atoms with E-state index in [1.807, 2.05) is 28.0 Å². The minimum Gasteiger partial charge on any atom is -0.368 e. The van der Waals surface area contributed by atoms with Crippen LogP contribution in [0.25, 0.3) is 10.9 Å². The molecule has 1 aromatic heterocycles. The lowest BCUT2D eigenvalue weighted by molar-refractivity contribution is 0.0767. The van der Waals surface area contributed by atoms with Crippen molar-refractivity contribution in [3.8, 4) is 6.07 Å². The molecule has 3 aromatic rings. The van der Waals surface area contributed by atoms with Gasteiger partial charge in [-0.1, -0.05) is 29.8 Å². The molecule has 0 saturated carbocycles. The smallest absolute Gasteiger partial charge is 0.253 e. The van der Waals surface area contributed by atoms with Crippen molar-refractivity contribution in [1.29, 1.82) is 5.26 Å².